The molecule has 0 saturated heterocycles. The Morgan fingerprint density at radius 2 is 1.48 bits per heavy atom. The summed E-state index contributed by atoms with van der Waals surface area (Å²) in [7, 11) is 3.02. The lowest BCUT2D eigenvalue weighted by molar-refractivity contribution is 0.103. The van der Waals surface area contributed by atoms with E-state index in [1.165, 1.54) is 14.2 Å². The molecule has 0 saturated carbocycles. The van der Waals surface area contributed by atoms with Crippen LogP contribution < -0.4 is 9.47 Å². The number of carbonyl (C=O) groups is 1. The smallest absolute Gasteiger partial charge is 0.194 e. The molecule has 21 heavy (non-hydrogen) atoms. The fourth-order valence-electron chi connectivity index (χ4n) is 1.87. The number of ketones is 1. The van der Waals surface area contributed by atoms with E-state index in [1.807, 2.05) is 6.07 Å². The van der Waals surface area contributed by atoms with E-state index in [-0.39, 0.29) is 5.78 Å². The van der Waals surface area contributed by atoms with Crippen molar-refractivity contribution in [2.24, 2.45) is 0 Å². The molecule has 0 aromatic heterocycles. The van der Waals surface area contributed by atoms with E-state index < -0.39 is 0 Å². The topological polar surface area (TPSA) is 35.5 Å². The van der Waals surface area contributed by atoms with Gasteiger partial charge in [-0.25, -0.2) is 0 Å². The Kier molecular flexibility index (Phi) is 5.30. The molecule has 3 nitrogen and oxygen atoms in total. The Labute approximate surface area is 144 Å². The van der Waals surface area contributed by atoms with Crippen molar-refractivity contribution in [2.75, 3.05) is 14.2 Å². The lowest BCUT2D eigenvalue weighted by Crippen LogP contribution is -2.04. The molecule has 0 aliphatic rings. The fraction of sp³-hybridized carbons (Fsp3) is 0.133. The highest BCUT2D eigenvalue weighted by atomic mass is 79.9. The molecule has 0 bridgehead atoms. The molecule has 0 radical (unpaired) electrons. The third kappa shape index (κ3) is 3.59. The van der Waals surface area contributed by atoms with Crippen LogP contribution in [-0.2, 0) is 0 Å². The number of hydrogen-bond donors (Lipinski definition) is 0. The monoisotopic (exact) mass is 432 g/mol. The Morgan fingerprint density at radius 1 is 0.952 bits per heavy atom. The number of rotatable bonds is 4. The van der Waals surface area contributed by atoms with Crippen LogP contribution in [-0.4, -0.2) is 20.0 Å². The fourth-order valence-corrected chi connectivity index (χ4v) is 3.40. The number of carbonyl (C=O) groups excluding carboxylic acids is 1. The number of halogens is 3. The Morgan fingerprint density at radius 3 is 2.00 bits per heavy atom. The summed E-state index contributed by atoms with van der Waals surface area (Å²) >= 11 is 12.9. The minimum Gasteiger partial charge on any atom is -0.493 e. The van der Waals surface area contributed by atoms with Crippen LogP contribution in [0.4, 0.5) is 0 Å². The molecule has 2 aromatic carbocycles. The molecule has 2 rings (SSSR count). The van der Waals surface area contributed by atoms with Crippen LogP contribution in [0.15, 0.2) is 39.3 Å². The number of benzene rings is 2. The van der Waals surface area contributed by atoms with Crippen LogP contribution in [0.1, 0.15) is 15.9 Å². The van der Waals surface area contributed by atoms with Crippen molar-refractivity contribution in [3.8, 4) is 11.5 Å². The largest absolute Gasteiger partial charge is 0.493 e. The van der Waals surface area contributed by atoms with Gasteiger partial charge in [-0.1, -0.05) is 43.5 Å². The van der Waals surface area contributed by atoms with Crippen LogP contribution in [0.25, 0.3) is 0 Å². The van der Waals surface area contributed by atoms with Crippen LogP contribution in [0, 0.1) is 0 Å². The normalized spacial score (nSPS) is 10.3. The molecule has 110 valence electrons. The second-order valence-corrected chi connectivity index (χ2v) is 6.41. The highest BCUT2D eigenvalue weighted by Crippen LogP contribution is 2.34. The SMILES string of the molecule is COc1cc(Cl)c(C(=O)c2cc(Br)cc(Br)c2)cc1OC. The standard InChI is InChI=1S/C15H11Br2ClO3/c1-20-13-6-11(12(18)7-14(13)21-2)15(19)8-3-9(16)5-10(17)4-8/h3-7H,1-2H3. The first kappa shape index (κ1) is 16.3. The highest BCUT2D eigenvalue weighted by molar-refractivity contribution is 9.11. The van der Waals surface area contributed by atoms with Crippen molar-refractivity contribution < 1.29 is 14.3 Å². The molecule has 0 aliphatic carbocycles. The van der Waals surface area contributed by atoms with Crippen molar-refractivity contribution >= 4 is 49.2 Å². The Bertz CT molecular complexity index is 681. The first-order valence-corrected chi connectivity index (χ1v) is 7.85. The molecular formula is C15H11Br2ClO3. The highest BCUT2D eigenvalue weighted by Gasteiger charge is 2.18. The molecule has 0 N–H and O–H groups in total. The number of hydrogen-bond acceptors (Lipinski definition) is 3. The molecule has 0 aliphatic heterocycles. The number of methoxy groups -OCH3 is 2. The van der Waals surface area contributed by atoms with Gasteiger partial charge in [0.2, 0.25) is 0 Å². The average Bonchev–Trinajstić information content (AvgIpc) is 2.45. The predicted octanol–water partition coefficient (Wildman–Crippen LogP) is 5.11. The van der Waals surface area contributed by atoms with E-state index in [9.17, 15) is 4.79 Å². The zero-order chi connectivity index (χ0) is 15.6. The molecule has 2 aromatic rings. The second kappa shape index (κ2) is 6.81. The predicted molar refractivity (Wildman–Crippen MR) is 89.8 cm³/mol. The molecule has 0 atom stereocenters. The van der Waals surface area contributed by atoms with Gasteiger partial charge in [0.25, 0.3) is 0 Å². The van der Waals surface area contributed by atoms with Crippen LogP contribution >= 0.6 is 43.5 Å². The molecule has 6 heteroatoms. The van der Waals surface area contributed by atoms with Gasteiger partial charge < -0.3 is 9.47 Å². The zero-order valence-electron chi connectivity index (χ0n) is 11.2. The van der Waals surface area contributed by atoms with E-state index in [1.54, 1.807) is 24.3 Å². The Balaban J connectivity index is 2.52. The maximum absolute atomic E-state index is 12.6. The minimum absolute atomic E-state index is 0.192. The van der Waals surface area contributed by atoms with Crippen molar-refractivity contribution in [3.05, 3.63) is 55.4 Å². The van der Waals surface area contributed by atoms with E-state index in [0.29, 0.717) is 27.6 Å². The van der Waals surface area contributed by atoms with E-state index >= 15 is 0 Å². The van der Waals surface area contributed by atoms with Gasteiger partial charge >= 0.3 is 0 Å². The molecule has 0 spiro atoms. The van der Waals surface area contributed by atoms with Gasteiger partial charge in [0.05, 0.1) is 19.2 Å². The van der Waals surface area contributed by atoms with Gasteiger partial charge in [-0.15, -0.1) is 0 Å². The van der Waals surface area contributed by atoms with Gasteiger partial charge in [-0.3, -0.25) is 4.79 Å². The summed E-state index contributed by atoms with van der Waals surface area (Å²) in [5, 5.41) is 0.314. The summed E-state index contributed by atoms with van der Waals surface area (Å²) in [6.07, 6.45) is 0. The summed E-state index contributed by atoms with van der Waals surface area (Å²) in [4.78, 5) is 12.6. The van der Waals surface area contributed by atoms with E-state index in [0.717, 1.165) is 8.95 Å². The average molecular weight is 435 g/mol. The van der Waals surface area contributed by atoms with Crippen molar-refractivity contribution in [3.63, 3.8) is 0 Å². The molecule has 0 amide bonds. The molecule has 0 unspecified atom stereocenters. The quantitative estimate of drug-likeness (QED) is 0.627. The first-order chi connectivity index (χ1) is 9.96. The van der Waals surface area contributed by atoms with Gasteiger partial charge in [0.1, 0.15) is 0 Å². The van der Waals surface area contributed by atoms with Gasteiger partial charge in [-0.05, 0) is 24.3 Å². The van der Waals surface area contributed by atoms with Crippen LogP contribution in [0.2, 0.25) is 5.02 Å². The molecule has 0 heterocycles. The van der Waals surface area contributed by atoms with Gasteiger partial charge in [-0.2, -0.15) is 0 Å². The van der Waals surface area contributed by atoms with Crippen molar-refractivity contribution in [1.82, 2.24) is 0 Å². The van der Waals surface area contributed by atoms with E-state index in [2.05, 4.69) is 31.9 Å². The zero-order valence-corrected chi connectivity index (χ0v) is 15.2. The van der Waals surface area contributed by atoms with Crippen molar-refractivity contribution in [2.45, 2.75) is 0 Å². The lowest BCUT2D eigenvalue weighted by atomic mass is 10.0. The summed E-state index contributed by atoms with van der Waals surface area (Å²) < 4.78 is 12.0. The summed E-state index contributed by atoms with van der Waals surface area (Å²) in [6, 6.07) is 8.48. The van der Waals surface area contributed by atoms with E-state index in [4.69, 9.17) is 21.1 Å². The molecule has 0 fully saturated rings. The first-order valence-electron chi connectivity index (χ1n) is 5.88. The number of ether oxygens (including phenoxy) is 2. The van der Waals surface area contributed by atoms with Gasteiger partial charge in [0, 0.05) is 26.1 Å². The summed E-state index contributed by atoms with van der Waals surface area (Å²) in [6.45, 7) is 0. The van der Waals surface area contributed by atoms with Crippen LogP contribution in [0.5, 0.6) is 11.5 Å². The summed E-state index contributed by atoms with van der Waals surface area (Å²) in [5.41, 5.74) is 0.879. The lowest BCUT2D eigenvalue weighted by Gasteiger charge is -2.11. The van der Waals surface area contributed by atoms with Crippen LogP contribution in [0.3, 0.4) is 0 Å². The van der Waals surface area contributed by atoms with Crippen molar-refractivity contribution in [1.29, 1.82) is 0 Å². The second-order valence-electron chi connectivity index (χ2n) is 4.17. The Hall–Kier alpha value is -1.04. The molecular weight excluding hydrogens is 423 g/mol. The maximum Gasteiger partial charge on any atom is 0.194 e. The summed E-state index contributed by atoms with van der Waals surface area (Å²) in [5.74, 6) is 0.747. The van der Waals surface area contributed by atoms with Gasteiger partial charge in [0.15, 0.2) is 17.3 Å². The third-order valence-corrected chi connectivity index (χ3v) is 4.07. The third-order valence-electron chi connectivity index (χ3n) is 2.84. The maximum atomic E-state index is 12.6. The minimum atomic E-state index is -0.192.